The number of hydrogen-bond donors (Lipinski definition) is 0. The molecule has 80 valence electrons. The SMILES string of the molecule is CC[C@]1(C)SCCC2CCCN2C1=O. The zero-order valence-electron chi connectivity index (χ0n) is 9.08. The van der Waals surface area contributed by atoms with Gasteiger partial charge in [0.15, 0.2) is 0 Å². The third-order valence-corrected chi connectivity index (χ3v) is 5.18. The lowest BCUT2D eigenvalue weighted by Crippen LogP contribution is -2.44. The molecule has 0 radical (unpaired) electrons. The molecule has 0 aromatic heterocycles. The van der Waals surface area contributed by atoms with Crippen molar-refractivity contribution in [2.24, 2.45) is 0 Å². The molecule has 2 aliphatic heterocycles. The van der Waals surface area contributed by atoms with Gasteiger partial charge in [0.1, 0.15) is 0 Å². The quantitative estimate of drug-likeness (QED) is 0.666. The lowest BCUT2D eigenvalue weighted by molar-refractivity contribution is -0.134. The number of carbonyl (C=O) groups is 1. The maximum atomic E-state index is 12.3. The predicted molar refractivity (Wildman–Crippen MR) is 60.5 cm³/mol. The third kappa shape index (κ3) is 1.56. The topological polar surface area (TPSA) is 20.3 Å². The van der Waals surface area contributed by atoms with E-state index in [1.807, 2.05) is 11.8 Å². The Balaban J connectivity index is 2.21. The number of amides is 1. The Bertz CT molecular complexity index is 243. The molecule has 2 heterocycles. The zero-order valence-corrected chi connectivity index (χ0v) is 9.90. The Hall–Kier alpha value is -0.180. The van der Waals surface area contributed by atoms with E-state index in [9.17, 15) is 4.79 Å². The van der Waals surface area contributed by atoms with Crippen molar-refractivity contribution in [3.8, 4) is 0 Å². The molecular weight excluding hydrogens is 194 g/mol. The van der Waals surface area contributed by atoms with E-state index in [1.54, 1.807) is 0 Å². The van der Waals surface area contributed by atoms with Crippen LogP contribution in [-0.2, 0) is 4.79 Å². The van der Waals surface area contributed by atoms with Gasteiger partial charge in [-0.05, 0) is 38.4 Å². The summed E-state index contributed by atoms with van der Waals surface area (Å²) in [4.78, 5) is 14.4. The second kappa shape index (κ2) is 3.76. The minimum Gasteiger partial charge on any atom is -0.338 e. The van der Waals surface area contributed by atoms with Crippen molar-refractivity contribution in [3.05, 3.63) is 0 Å². The van der Waals surface area contributed by atoms with Crippen LogP contribution >= 0.6 is 11.8 Å². The van der Waals surface area contributed by atoms with Gasteiger partial charge >= 0.3 is 0 Å². The van der Waals surface area contributed by atoms with Gasteiger partial charge in [-0.25, -0.2) is 0 Å². The van der Waals surface area contributed by atoms with Crippen LogP contribution in [0.5, 0.6) is 0 Å². The Kier molecular flexibility index (Phi) is 2.78. The predicted octanol–water partition coefficient (Wildman–Crippen LogP) is 2.28. The Labute approximate surface area is 90.4 Å². The van der Waals surface area contributed by atoms with Gasteiger partial charge in [0.25, 0.3) is 0 Å². The van der Waals surface area contributed by atoms with E-state index in [4.69, 9.17) is 0 Å². The lowest BCUT2D eigenvalue weighted by Gasteiger charge is -2.30. The Morgan fingerprint density at radius 2 is 2.36 bits per heavy atom. The molecule has 1 unspecified atom stereocenters. The molecule has 0 N–H and O–H groups in total. The molecule has 1 amide bonds. The first-order valence-corrected chi connectivity index (χ1v) is 6.61. The van der Waals surface area contributed by atoms with Crippen LogP contribution in [0.2, 0.25) is 0 Å². The maximum Gasteiger partial charge on any atom is 0.238 e. The van der Waals surface area contributed by atoms with Gasteiger partial charge in [-0.15, -0.1) is 11.8 Å². The van der Waals surface area contributed by atoms with Crippen LogP contribution in [0.3, 0.4) is 0 Å². The number of hydrogen-bond acceptors (Lipinski definition) is 2. The molecule has 2 saturated heterocycles. The second-order valence-electron chi connectivity index (χ2n) is 4.52. The van der Waals surface area contributed by atoms with Crippen LogP contribution in [0.25, 0.3) is 0 Å². The molecule has 2 atom stereocenters. The highest BCUT2D eigenvalue weighted by molar-refractivity contribution is 8.01. The molecule has 0 spiro atoms. The molecule has 0 aromatic carbocycles. The van der Waals surface area contributed by atoms with Crippen molar-refractivity contribution >= 4 is 17.7 Å². The van der Waals surface area contributed by atoms with Crippen LogP contribution in [0, 0.1) is 0 Å². The number of thioether (sulfide) groups is 1. The van der Waals surface area contributed by atoms with Crippen LogP contribution < -0.4 is 0 Å². The fourth-order valence-corrected chi connectivity index (χ4v) is 3.73. The van der Waals surface area contributed by atoms with E-state index in [0.29, 0.717) is 11.9 Å². The summed E-state index contributed by atoms with van der Waals surface area (Å²) in [6.45, 7) is 5.24. The van der Waals surface area contributed by atoms with Gasteiger partial charge in [-0.3, -0.25) is 4.79 Å². The fraction of sp³-hybridized carbons (Fsp3) is 0.909. The fourth-order valence-electron chi connectivity index (χ4n) is 2.44. The summed E-state index contributed by atoms with van der Waals surface area (Å²) in [6.07, 6.45) is 4.60. The molecule has 2 rings (SSSR count). The molecule has 0 aliphatic carbocycles. The molecule has 14 heavy (non-hydrogen) atoms. The van der Waals surface area contributed by atoms with Crippen molar-refractivity contribution in [2.75, 3.05) is 12.3 Å². The molecule has 0 aromatic rings. The van der Waals surface area contributed by atoms with Gasteiger partial charge in [0, 0.05) is 12.6 Å². The van der Waals surface area contributed by atoms with Crippen molar-refractivity contribution in [3.63, 3.8) is 0 Å². The molecular formula is C11H19NOS. The summed E-state index contributed by atoms with van der Waals surface area (Å²) in [7, 11) is 0. The highest BCUT2D eigenvalue weighted by atomic mass is 32.2. The molecule has 0 bridgehead atoms. The third-order valence-electron chi connectivity index (χ3n) is 3.64. The summed E-state index contributed by atoms with van der Waals surface area (Å²) in [5.74, 6) is 1.54. The van der Waals surface area contributed by atoms with Gasteiger partial charge in [-0.2, -0.15) is 0 Å². The smallest absolute Gasteiger partial charge is 0.238 e. The average molecular weight is 213 g/mol. The second-order valence-corrected chi connectivity index (χ2v) is 6.11. The Morgan fingerprint density at radius 1 is 1.57 bits per heavy atom. The highest BCUT2D eigenvalue weighted by Crippen LogP contribution is 2.38. The number of rotatable bonds is 1. The van der Waals surface area contributed by atoms with Crippen molar-refractivity contribution in [1.82, 2.24) is 4.90 Å². The number of nitrogens with zero attached hydrogens (tertiary/aromatic N) is 1. The molecule has 2 fully saturated rings. The highest BCUT2D eigenvalue weighted by Gasteiger charge is 2.42. The van der Waals surface area contributed by atoms with E-state index < -0.39 is 0 Å². The van der Waals surface area contributed by atoms with Crippen molar-refractivity contribution in [1.29, 1.82) is 0 Å². The van der Waals surface area contributed by atoms with E-state index >= 15 is 0 Å². The van der Waals surface area contributed by atoms with Crippen LogP contribution in [-0.4, -0.2) is 33.9 Å². The van der Waals surface area contributed by atoms with Gasteiger partial charge < -0.3 is 4.90 Å². The van der Waals surface area contributed by atoms with Crippen LogP contribution in [0.4, 0.5) is 0 Å². The summed E-state index contributed by atoms with van der Waals surface area (Å²) < 4.78 is -0.140. The first-order valence-electron chi connectivity index (χ1n) is 5.62. The van der Waals surface area contributed by atoms with Crippen LogP contribution in [0.15, 0.2) is 0 Å². The van der Waals surface area contributed by atoms with Gasteiger partial charge in [0.05, 0.1) is 4.75 Å². The van der Waals surface area contributed by atoms with Crippen molar-refractivity contribution in [2.45, 2.75) is 50.3 Å². The molecule has 3 heteroatoms. The molecule has 0 saturated carbocycles. The monoisotopic (exact) mass is 213 g/mol. The normalized spacial score (nSPS) is 38.3. The van der Waals surface area contributed by atoms with Gasteiger partial charge in [-0.1, -0.05) is 6.92 Å². The zero-order chi connectivity index (χ0) is 10.2. The number of fused-ring (bicyclic) bond motifs is 1. The van der Waals surface area contributed by atoms with E-state index in [1.165, 1.54) is 19.3 Å². The summed E-state index contributed by atoms with van der Waals surface area (Å²) in [5.41, 5.74) is 0. The van der Waals surface area contributed by atoms with E-state index in [0.717, 1.165) is 18.7 Å². The molecule has 2 nitrogen and oxygen atoms in total. The van der Waals surface area contributed by atoms with E-state index in [-0.39, 0.29) is 4.75 Å². The minimum atomic E-state index is -0.140. The van der Waals surface area contributed by atoms with E-state index in [2.05, 4.69) is 18.7 Å². The minimum absolute atomic E-state index is 0.140. The summed E-state index contributed by atoms with van der Waals surface area (Å²) in [5, 5.41) is 0. The largest absolute Gasteiger partial charge is 0.338 e. The summed E-state index contributed by atoms with van der Waals surface area (Å²) >= 11 is 1.86. The van der Waals surface area contributed by atoms with Crippen molar-refractivity contribution < 1.29 is 4.79 Å². The first kappa shape index (κ1) is 10.3. The standard InChI is InChI=1S/C11H19NOS/c1-3-11(2)10(13)12-7-4-5-9(12)6-8-14-11/h9H,3-8H2,1-2H3/t9?,11-/m0/s1. The first-order chi connectivity index (χ1) is 6.67. The van der Waals surface area contributed by atoms with Gasteiger partial charge in [0.2, 0.25) is 5.91 Å². The van der Waals surface area contributed by atoms with Crippen LogP contribution in [0.1, 0.15) is 39.5 Å². The average Bonchev–Trinajstić information content (AvgIpc) is 2.60. The summed E-state index contributed by atoms with van der Waals surface area (Å²) in [6, 6.07) is 0.559. The molecule has 2 aliphatic rings. The maximum absolute atomic E-state index is 12.3. The number of carbonyl (C=O) groups excluding carboxylic acids is 1. The lowest BCUT2D eigenvalue weighted by atomic mass is 10.1. The Morgan fingerprint density at radius 3 is 3.07 bits per heavy atom.